The maximum absolute atomic E-state index is 11.5. The number of aromatic nitrogens is 1. The van der Waals surface area contributed by atoms with Gasteiger partial charge in [0.05, 0.1) is 7.14 Å². The number of nitrogens with zero attached hydrogens (tertiary/aromatic N) is 1. The number of rotatable bonds is 8. The molecule has 0 radical (unpaired) electrons. The van der Waals surface area contributed by atoms with E-state index in [1.807, 2.05) is 12.4 Å². The average Bonchev–Trinajstić information content (AvgIpc) is 2.34. The van der Waals surface area contributed by atoms with E-state index >= 15 is 0 Å². The number of carboxylic acids is 1. The first-order chi connectivity index (χ1) is 9.00. The zero-order valence-electron chi connectivity index (χ0n) is 10.6. The molecule has 0 saturated heterocycles. The van der Waals surface area contributed by atoms with Crippen LogP contribution in [0.2, 0.25) is 0 Å². The molecule has 6 heteroatoms. The number of hydrogen-bond acceptors (Lipinski definition) is 2. The molecule has 0 aliphatic carbocycles. The number of halogens is 2. The van der Waals surface area contributed by atoms with Gasteiger partial charge in [0.1, 0.15) is 0 Å². The van der Waals surface area contributed by atoms with Crippen LogP contribution in [0, 0.1) is 7.14 Å². The highest BCUT2D eigenvalue weighted by molar-refractivity contribution is 14.1. The van der Waals surface area contributed by atoms with E-state index in [9.17, 15) is 9.59 Å². The molecule has 0 aliphatic heterocycles. The Morgan fingerprint density at radius 1 is 1.05 bits per heavy atom. The third-order valence-corrected chi connectivity index (χ3v) is 4.34. The summed E-state index contributed by atoms with van der Waals surface area (Å²) in [6, 6.07) is 0. The fraction of sp³-hybridized carbons (Fsp3) is 0.538. The fourth-order valence-electron chi connectivity index (χ4n) is 1.79. The highest BCUT2D eigenvalue weighted by Crippen LogP contribution is 2.09. The van der Waals surface area contributed by atoms with Gasteiger partial charge in [-0.2, -0.15) is 0 Å². The summed E-state index contributed by atoms with van der Waals surface area (Å²) >= 11 is 4.13. The quantitative estimate of drug-likeness (QED) is 0.450. The molecule has 1 rings (SSSR count). The number of unbranched alkanes of at least 4 members (excludes halogenated alkanes) is 4. The van der Waals surface area contributed by atoms with Crippen molar-refractivity contribution in [3.63, 3.8) is 0 Å². The van der Waals surface area contributed by atoms with Crippen LogP contribution in [-0.4, -0.2) is 15.6 Å². The highest BCUT2D eigenvalue weighted by Gasteiger charge is 2.02. The van der Waals surface area contributed by atoms with Gasteiger partial charge < -0.3 is 9.67 Å². The van der Waals surface area contributed by atoms with E-state index in [1.165, 1.54) is 0 Å². The molecule has 0 fully saturated rings. The van der Waals surface area contributed by atoms with Crippen LogP contribution in [-0.2, 0) is 11.3 Å². The number of carbonyl (C=O) groups is 1. The van der Waals surface area contributed by atoms with Crippen molar-refractivity contribution >= 4 is 51.2 Å². The number of aryl methyl sites for hydroxylation is 1. The first-order valence-corrected chi connectivity index (χ1v) is 8.43. The van der Waals surface area contributed by atoms with Crippen molar-refractivity contribution in [2.45, 2.75) is 45.1 Å². The summed E-state index contributed by atoms with van der Waals surface area (Å²) in [6.45, 7) is 0.908. The minimum atomic E-state index is -0.711. The molecule has 0 amide bonds. The van der Waals surface area contributed by atoms with Gasteiger partial charge in [0.15, 0.2) is 0 Å². The van der Waals surface area contributed by atoms with Crippen LogP contribution in [0.1, 0.15) is 38.5 Å². The zero-order chi connectivity index (χ0) is 14.3. The minimum Gasteiger partial charge on any atom is -0.481 e. The van der Waals surface area contributed by atoms with Crippen LogP contribution in [0.4, 0.5) is 0 Å². The molecule has 0 spiro atoms. The van der Waals surface area contributed by atoms with Crippen LogP contribution < -0.4 is 5.43 Å². The monoisotopic (exact) mass is 489 g/mol. The molecule has 0 bridgehead atoms. The Hall–Kier alpha value is -0.120. The molecule has 1 N–H and O–H groups in total. The molecule has 0 aliphatic rings. The first-order valence-electron chi connectivity index (χ1n) is 6.27. The Kier molecular flexibility index (Phi) is 7.96. The summed E-state index contributed by atoms with van der Waals surface area (Å²) < 4.78 is 3.57. The molecule has 1 aromatic rings. The van der Waals surface area contributed by atoms with Gasteiger partial charge in [0.25, 0.3) is 0 Å². The van der Waals surface area contributed by atoms with E-state index < -0.39 is 5.97 Å². The van der Waals surface area contributed by atoms with Gasteiger partial charge in [-0.05, 0) is 58.0 Å². The summed E-state index contributed by atoms with van der Waals surface area (Å²) in [7, 11) is 0. The lowest BCUT2D eigenvalue weighted by molar-refractivity contribution is -0.137. The lowest BCUT2D eigenvalue weighted by atomic mass is 10.1. The predicted octanol–water partition coefficient (Wildman–Crippen LogP) is 3.48. The highest BCUT2D eigenvalue weighted by atomic mass is 127. The van der Waals surface area contributed by atoms with E-state index in [2.05, 4.69) is 49.7 Å². The smallest absolute Gasteiger partial charge is 0.303 e. The summed E-state index contributed by atoms with van der Waals surface area (Å²) in [5.74, 6) is -0.711. The third kappa shape index (κ3) is 6.73. The molecule has 0 unspecified atom stereocenters. The van der Waals surface area contributed by atoms with Crippen molar-refractivity contribution in [1.29, 1.82) is 0 Å². The number of pyridine rings is 1. The van der Waals surface area contributed by atoms with Crippen molar-refractivity contribution in [1.82, 2.24) is 4.57 Å². The third-order valence-electron chi connectivity index (χ3n) is 2.80. The van der Waals surface area contributed by atoms with Crippen molar-refractivity contribution in [3.05, 3.63) is 29.8 Å². The molecule has 1 heterocycles. The Morgan fingerprint density at radius 2 is 1.58 bits per heavy atom. The minimum absolute atomic E-state index is 0.103. The Labute approximate surface area is 139 Å². The van der Waals surface area contributed by atoms with Crippen LogP contribution >= 0.6 is 45.2 Å². The van der Waals surface area contributed by atoms with Gasteiger partial charge in [-0.1, -0.05) is 19.3 Å². The number of hydrogen-bond donors (Lipinski definition) is 1. The van der Waals surface area contributed by atoms with Crippen molar-refractivity contribution in [2.24, 2.45) is 0 Å². The molecule has 1 aromatic heterocycles. The largest absolute Gasteiger partial charge is 0.481 e. The van der Waals surface area contributed by atoms with Gasteiger partial charge in [0, 0.05) is 25.4 Å². The van der Waals surface area contributed by atoms with Crippen LogP contribution in [0.3, 0.4) is 0 Å². The summed E-state index contributed by atoms with van der Waals surface area (Å²) in [4.78, 5) is 21.9. The maximum atomic E-state index is 11.5. The molecule has 0 atom stereocenters. The molecule has 0 saturated carbocycles. The van der Waals surface area contributed by atoms with E-state index in [4.69, 9.17) is 5.11 Å². The normalized spacial score (nSPS) is 10.6. The van der Waals surface area contributed by atoms with Crippen molar-refractivity contribution in [2.75, 3.05) is 0 Å². The maximum Gasteiger partial charge on any atom is 0.303 e. The van der Waals surface area contributed by atoms with E-state index in [-0.39, 0.29) is 11.8 Å². The van der Waals surface area contributed by atoms with Crippen molar-refractivity contribution < 1.29 is 9.90 Å². The molecule has 106 valence electrons. The van der Waals surface area contributed by atoms with E-state index in [0.717, 1.165) is 45.8 Å². The standard InChI is InChI=1S/C13H17I2NO3/c14-10-8-16(9-11(15)13(10)19)7-5-3-1-2-4-6-12(17)18/h8-9H,1-7H2,(H,17,18). The molecule has 19 heavy (non-hydrogen) atoms. The lowest BCUT2D eigenvalue weighted by Crippen LogP contribution is -2.13. The van der Waals surface area contributed by atoms with Crippen LogP contribution in [0.5, 0.6) is 0 Å². The summed E-state index contributed by atoms with van der Waals surface area (Å²) in [5, 5.41) is 8.51. The number of aliphatic carboxylic acids is 1. The van der Waals surface area contributed by atoms with E-state index in [1.54, 1.807) is 0 Å². The van der Waals surface area contributed by atoms with Crippen LogP contribution in [0.15, 0.2) is 17.2 Å². The van der Waals surface area contributed by atoms with Gasteiger partial charge in [0.2, 0.25) is 5.43 Å². The predicted molar refractivity (Wildman–Crippen MR) is 91.5 cm³/mol. The van der Waals surface area contributed by atoms with Gasteiger partial charge >= 0.3 is 5.97 Å². The zero-order valence-corrected chi connectivity index (χ0v) is 14.9. The molecular formula is C13H17I2NO3. The van der Waals surface area contributed by atoms with Gasteiger partial charge in [-0.15, -0.1) is 0 Å². The topological polar surface area (TPSA) is 59.3 Å². The molecule has 0 aromatic carbocycles. The second kappa shape index (κ2) is 8.93. The Bertz CT molecular complexity index is 459. The van der Waals surface area contributed by atoms with Crippen LogP contribution in [0.25, 0.3) is 0 Å². The average molecular weight is 489 g/mol. The second-order valence-corrected chi connectivity index (χ2v) is 6.76. The Balaban J connectivity index is 2.23. The molecular weight excluding hydrogens is 472 g/mol. The van der Waals surface area contributed by atoms with Gasteiger partial charge in [-0.3, -0.25) is 9.59 Å². The number of carboxylic acid groups (broad SMARTS) is 1. The van der Waals surface area contributed by atoms with Crippen molar-refractivity contribution in [3.8, 4) is 0 Å². The summed E-state index contributed by atoms with van der Waals surface area (Å²) in [5.41, 5.74) is 0.103. The SMILES string of the molecule is O=C(O)CCCCCCCn1cc(I)c(=O)c(I)c1. The lowest BCUT2D eigenvalue weighted by Gasteiger charge is -2.07. The second-order valence-electron chi connectivity index (χ2n) is 4.43. The summed E-state index contributed by atoms with van der Waals surface area (Å²) in [6.07, 6.45) is 9.01. The van der Waals surface area contributed by atoms with Gasteiger partial charge in [-0.25, -0.2) is 0 Å². The molecule has 4 nitrogen and oxygen atoms in total. The fourth-order valence-corrected chi connectivity index (χ4v) is 3.60. The van der Waals surface area contributed by atoms with E-state index in [0.29, 0.717) is 0 Å². The first kappa shape index (κ1) is 16.9. The Morgan fingerprint density at radius 3 is 2.16 bits per heavy atom.